The number of rotatable bonds is 6. The molecule has 0 saturated carbocycles. The zero-order chi connectivity index (χ0) is 15.2. The summed E-state index contributed by atoms with van der Waals surface area (Å²) >= 11 is 0. The van der Waals surface area contributed by atoms with E-state index in [1.807, 2.05) is 0 Å². The van der Waals surface area contributed by atoms with E-state index in [1.54, 1.807) is 6.07 Å². The van der Waals surface area contributed by atoms with Crippen LogP contribution in [0, 0.1) is 12.7 Å². The summed E-state index contributed by atoms with van der Waals surface area (Å²) in [6.45, 7) is 6.38. The quantitative estimate of drug-likeness (QED) is 0.831. The van der Waals surface area contributed by atoms with Crippen molar-refractivity contribution in [3.63, 3.8) is 0 Å². The second-order valence-corrected chi connectivity index (χ2v) is 5.40. The van der Waals surface area contributed by atoms with Gasteiger partial charge in [-0.25, -0.2) is 4.39 Å². The lowest BCUT2D eigenvalue weighted by atomic mass is 10.0. The monoisotopic (exact) mass is 286 g/mol. The third kappa shape index (κ3) is 4.11. The van der Waals surface area contributed by atoms with Crippen LogP contribution < -0.4 is 5.32 Å². The molecule has 2 nitrogen and oxygen atoms in total. The molecule has 3 heteroatoms. The van der Waals surface area contributed by atoms with E-state index in [2.05, 4.69) is 55.3 Å². The highest BCUT2D eigenvalue weighted by molar-refractivity contribution is 5.24. The van der Waals surface area contributed by atoms with Crippen LogP contribution in [0.5, 0.6) is 0 Å². The van der Waals surface area contributed by atoms with E-state index in [-0.39, 0.29) is 17.9 Å². The van der Waals surface area contributed by atoms with Crippen LogP contribution >= 0.6 is 0 Å². The van der Waals surface area contributed by atoms with Crippen molar-refractivity contribution < 1.29 is 4.39 Å². The summed E-state index contributed by atoms with van der Waals surface area (Å²) in [5.74, 6) is -0.292. The molecule has 1 aromatic carbocycles. The molecule has 2 aromatic rings. The summed E-state index contributed by atoms with van der Waals surface area (Å²) < 4.78 is 13.0. The summed E-state index contributed by atoms with van der Waals surface area (Å²) in [5, 5.41) is 3.64. The molecule has 0 spiro atoms. The van der Waals surface area contributed by atoms with Crippen molar-refractivity contribution in [2.75, 3.05) is 0 Å². The van der Waals surface area contributed by atoms with Gasteiger partial charge in [-0.2, -0.15) is 0 Å². The van der Waals surface area contributed by atoms with Crippen LogP contribution in [-0.2, 0) is 0 Å². The number of nitrogens with one attached hydrogen (secondary N) is 1. The first kappa shape index (κ1) is 15.6. The van der Waals surface area contributed by atoms with Gasteiger partial charge in [0.25, 0.3) is 0 Å². The molecule has 2 rings (SSSR count). The average Bonchev–Trinajstić information content (AvgIpc) is 2.51. The third-order valence-corrected chi connectivity index (χ3v) is 3.81. The smallest absolute Gasteiger partial charge is 0.141 e. The highest BCUT2D eigenvalue weighted by Gasteiger charge is 2.17. The van der Waals surface area contributed by atoms with E-state index < -0.39 is 0 Å². The van der Waals surface area contributed by atoms with Crippen molar-refractivity contribution in [1.82, 2.24) is 10.3 Å². The highest BCUT2D eigenvalue weighted by atomic mass is 19.1. The van der Waals surface area contributed by atoms with E-state index in [0.29, 0.717) is 0 Å². The van der Waals surface area contributed by atoms with Gasteiger partial charge in [0.05, 0.1) is 11.9 Å². The molecule has 0 aliphatic rings. The summed E-state index contributed by atoms with van der Waals surface area (Å²) in [6.07, 6.45) is 3.20. The van der Waals surface area contributed by atoms with Crippen LogP contribution in [0.4, 0.5) is 4.39 Å². The molecule has 0 fully saturated rings. The molecule has 0 aliphatic heterocycles. The zero-order valence-corrected chi connectivity index (χ0v) is 12.9. The molecular formula is C18H23FN2. The van der Waals surface area contributed by atoms with Gasteiger partial charge in [-0.1, -0.05) is 43.7 Å². The summed E-state index contributed by atoms with van der Waals surface area (Å²) in [6, 6.07) is 12.3. The Morgan fingerprint density at radius 1 is 1.00 bits per heavy atom. The van der Waals surface area contributed by atoms with Crippen molar-refractivity contribution in [2.45, 2.75) is 45.7 Å². The topological polar surface area (TPSA) is 24.9 Å². The van der Waals surface area contributed by atoms with Crippen molar-refractivity contribution >= 4 is 0 Å². The Morgan fingerprint density at radius 2 is 1.67 bits per heavy atom. The first-order chi connectivity index (χ1) is 10.1. The fraction of sp³-hybridized carbons (Fsp3) is 0.389. The molecule has 1 aromatic heterocycles. The molecule has 21 heavy (non-hydrogen) atoms. The molecule has 0 bridgehead atoms. The minimum atomic E-state index is -0.292. The number of halogens is 1. The Labute approximate surface area is 126 Å². The van der Waals surface area contributed by atoms with Crippen LogP contribution in [0.1, 0.15) is 55.6 Å². The Kier molecular flexibility index (Phi) is 5.45. The van der Waals surface area contributed by atoms with Gasteiger partial charge in [-0.05, 0) is 37.5 Å². The van der Waals surface area contributed by atoms with Crippen molar-refractivity contribution in [3.05, 3.63) is 65.2 Å². The van der Waals surface area contributed by atoms with E-state index in [0.717, 1.165) is 18.5 Å². The lowest BCUT2D eigenvalue weighted by Crippen LogP contribution is -2.26. The minimum Gasteiger partial charge on any atom is -0.302 e. The second kappa shape index (κ2) is 7.32. The fourth-order valence-corrected chi connectivity index (χ4v) is 2.50. The predicted octanol–water partition coefficient (Wildman–Crippen LogP) is 4.72. The maximum Gasteiger partial charge on any atom is 0.141 e. The molecule has 0 radical (unpaired) electrons. The van der Waals surface area contributed by atoms with Crippen LogP contribution in [0.15, 0.2) is 42.6 Å². The summed E-state index contributed by atoms with van der Waals surface area (Å²) in [4.78, 5) is 4.21. The lowest BCUT2D eigenvalue weighted by Gasteiger charge is -2.24. The summed E-state index contributed by atoms with van der Waals surface area (Å²) in [5.41, 5.74) is 3.44. The number of aryl methyl sites for hydroxylation is 1. The molecular weight excluding hydrogens is 263 g/mol. The number of benzene rings is 1. The summed E-state index contributed by atoms with van der Waals surface area (Å²) in [7, 11) is 0. The SMILES string of the molecule is CCC(NC(CC)c1ccc(F)cn1)c1ccc(C)cc1. The normalized spacial score (nSPS) is 13.9. The van der Waals surface area contributed by atoms with E-state index in [4.69, 9.17) is 0 Å². The predicted molar refractivity (Wildman–Crippen MR) is 84.6 cm³/mol. The molecule has 2 atom stereocenters. The number of pyridine rings is 1. The number of hydrogen-bond acceptors (Lipinski definition) is 2. The third-order valence-electron chi connectivity index (χ3n) is 3.81. The van der Waals surface area contributed by atoms with Crippen molar-refractivity contribution in [2.24, 2.45) is 0 Å². The Morgan fingerprint density at radius 3 is 2.19 bits per heavy atom. The first-order valence-corrected chi connectivity index (χ1v) is 7.58. The van der Waals surface area contributed by atoms with Gasteiger partial charge in [0.15, 0.2) is 0 Å². The van der Waals surface area contributed by atoms with Crippen LogP contribution in [0.2, 0.25) is 0 Å². The Bertz CT molecular complexity index is 497. The van der Waals surface area contributed by atoms with E-state index in [9.17, 15) is 4.39 Å². The van der Waals surface area contributed by atoms with Gasteiger partial charge >= 0.3 is 0 Å². The fourth-order valence-electron chi connectivity index (χ4n) is 2.50. The van der Waals surface area contributed by atoms with E-state index >= 15 is 0 Å². The van der Waals surface area contributed by atoms with Gasteiger partial charge in [0, 0.05) is 12.1 Å². The molecule has 0 amide bonds. The number of hydrogen-bond donors (Lipinski definition) is 1. The Balaban J connectivity index is 2.15. The minimum absolute atomic E-state index is 0.136. The lowest BCUT2D eigenvalue weighted by molar-refractivity contribution is 0.418. The maximum absolute atomic E-state index is 13.0. The Hall–Kier alpha value is -1.74. The van der Waals surface area contributed by atoms with Crippen molar-refractivity contribution in [3.8, 4) is 0 Å². The van der Waals surface area contributed by atoms with Crippen LogP contribution in [0.25, 0.3) is 0 Å². The first-order valence-electron chi connectivity index (χ1n) is 7.58. The van der Waals surface area contributed by atoms with Crippen molar-refractivity contribution in [1.29, 1.82) is 0 Å². The molecule has 112 valence electrons. The molecule has 0 aliphatic carbocycles. The van der Waals surface area contributed by atoms with Gasteiger partial charge in [-0.15, -0.1) is 0 Å². The van der Waals surface area contributed by atoms with Gasteiger partial charge in [-0.3, -0.25) is 4.98 Å². The maximum atomic E-state index is 13.0. The van der Waals surface area contributed by atoms with Gasteiger partial charge < -0.3 is 5.32 Å². The van der Waals surface area contributed by atoms with Crippen LogP contribution in [0.3, 0.4) is 0 Å². The molecule has 1 N–H and O–H groups in total. The number of nitrogens with zero attached hydrogens (tertiary/aromatic N) is 1. The van der Waals surface area contributed by atoms with E-state index in [1.165, 1.54) is 23.4 Å². The zero-order valence-electron chi connectivity index (χ0n) is 12.9. The molecule has 2 unspecified atom stereocenters. The number of aromatic nitrogens is 1. The highest BCUT2D eigenvalue weighted by Crippen LogP contribution is 2.23. The van der Waals surface area contributed by atoms with Crippen LogP contribution in [-0.4, -0.2) is 4.98 Å². The standard InChI is InChI=1S/C18H23FN2/c1-4-16(14-8-6-13(3)7-9-14)21-17(5-2)18-11-10-15(19)12-20-18/h6-12,16-17,21H,4-5H2,1-3H3. The largest absolute Gasteiger partial charge is 0.302 e. The molecule has 0 saturated heterocycles. The van der Waals surface area contributed by atoms with Gasteiger partial charge in [0.1, 0.15) is 5.82 Å². The second-order valence-electron chi connectivity index (χ2n) is 5.40. The average molecular weight is 286 g/mol. The van der Waals surface area contributed by atoms with Gasteiger partial charge in [0.2, 0.25) is 0 Å². The molecule has 1 heterocycles.